The number of amides is 1. The van der Waals surface area contributed by atoms with Gasteiger partial charge in [-0.1, -0.05) is 17.7 Å². The summed E-state index contributed by atoms with van der Waals surface area (Å²) in [5.41, 5.74) is 0.511. The molecular formula is C15H17ClFN5O. The summed E-state index contributed by atoms with van der Waals surface area (Å²) in [6.07, 6.45) is 2.93. The van der Waals surface area contributed by atoms with Crippen molar-refractivity contribution in [2.45, 2.75) is 13.1 Å². The van der Waals surface area contributed by atoms with E-state index in [0.717, 1.165) is 0 Å². The summed E-state index contributed by atoms with van der Waals surface area (Å²) in [5.74, 6) is -0.277. The van der Waals surface area contributed by atoms with Gasteiger partial charge in [-0.2, -0.15) is 5.10 Å². The second kappa shape index (κ2) is 7.06. The first kappa shape index (κ1) is 15.9. The van der Waals surface area contributed by atoms with Crippen LogP contribution in [0.4, 0.5) is 4.39 Å². The van der Waals surface area contributed by atoms with E-state index in [0.29, 0.717) is 43.3 Å². The molecule has 1 aliphatic rings. The van der Waals surface area contributed by atoms with E-state index in [1.165, 1.54) is 23.4 Å². The van der Waals surface area contributed by atoms with Crippen LogP contribution >= 0.6 is 11.6 Å². The van der Waals surface area contributed by atoms with Gasteiger partial charge in [0.25, 0.3) is 0 Å². The minimum absolute atomic E-state index is 0.0130. The largest absolute Gasteiger partial charge is 0.339 e. The van der Waals surface area contributed by atoms with Crippen LogP contribution in [0.5, 0.6) is 0 Å². The number of benzene rings is 1. The number of hydrogen-bond acceptors (Lipinski definition) is 4. The van der Waals surface area contributed by atoms with Gasteiger partial charge in [-0.15, -0.1) is 0 Å². The molecule has 8 heteroatoms. The van der Waals surface area contributed by atoms with Crippen molar-refractivity contribution in [3.63, 3.8) is 0 Å². The lowest BCUT2D eigenvalue weighted by Crippen LogP contribution is -2.49. The average Bonchev–Trinajstić information content (AvgIpc) is 3.04. The highest BCUT2D eigenvalue weighted by Crippen LogP contribution is 2.21. The van der Waals surface area contributed by atoms with Gasteiger partial charge in [0.1, 0.15) is 25.0 Å². The minimum atomic E-state index is -0.290. The molecule has 1 fully saturated rings. The van der Waals surface area contributed by atoms with Gasteiger partial charge < -0.3 is 4.90 Å². The van der Waals surface area contributed by atoms with Crippen LogP contribution in [0.15, 0.2) is 30.9 Å². The monoisotopic (exact) mass is 337 g/mol. The van der Waals surface area contributed by atoms with E-state index >= 15 is 0 Å². The van der Waals surface area contributed by atoms with Crippen LogP contribution in [0, 0.1) is 5.82 Å². The normalized spacial score (nSPS) is 15.8. The molecule has 23 heavy (non-hydrogen) atoms. The van der Waals surface area contributed by atoms with Crippen LogP contribution in [0.2, 0.25) is 5.02 Å². The number of aromatic nitrogens is 3. The SMILES string of the molecule is O=C(Cn1cncn1)N1CCN(Cc2c(F)cccc2Cl)CC1. The highest BCUT2D eigenvalue weighted by atomic mass is 35.5. The maximum atomic E-state index is 13.8. The second-order valence-electron chi connectivity index (χ2n) is 5.45. The van der Waals surface area contributed by atoms with Crippen molar-refractivity contribution in [1.29, 1.82) is 0 Å². The fraction of sp³-hybridized carbons (Fsp3) is 0.400. The first-order chi connectivity index (χ1) is 11.1. The Morgan fingerprint density at radius 2 is 2.04 bits per heavy atom. The van der Waals surface area contributed by atoms with Gasteiger partial charge in [-0.3, -0.25) is 9.69 Å². The fourth-order valence-corrected chi connectivity index (χ4v) is 2.84. The Morgan fingerprint density at radius 3 is 2.70 bits per heavy atom. The van der Waals surface area contributed by atoms with Gasteiger partial charge in [-0.25, -0.2) is 14.1 Å². The molecule has 0 unspecified atom stereocenters. The summed E-state index contributed by atoms with van der Waals surface area (Å²) < 4.78 is 15.3. The molecule has 122 valence electrons. The lowest BCUT2D eigenvalue weighted by Gasteiger charge is -2.34. The summed E-state index contributed by atoms with van der Waals surface area (Å²) in [4.78, 5) is 19.9. The Balaban J connectivity index is 1.53. The van der Waals surface area contributed by atoms with E-state index in [1.54, 1.807) is 17.0 Å². The molecule has 0 aliphatic carbocycles. The van der Waals surface area contributed by atoms with E-state index in [4.69, 9.17) is 11.6 Å². The lowest BCUT2D eigenvalue weighted by molar-refractivity contribution is -0.133. The minimum Gasteiger partial charge on any atom is -0.339 e. The van der Waals surface area contributed by atoms with Gasteiger partial charge >= 0.3 is 0 Å². The van der Waals surface area contributed by atoms with Crippen molar-refractivity contribution in [2.24, 2.45) is 0 Å². The number of rotatable bonds is 4. The van der Waals surface area contributed by atoms with Crippen molar-refractivity contribution in [3.8, 4) is 0 Å². The van der Waals surface area contributed by atoms with E-state index in [1.807, 2.05) is 0 Å². The molecular weight excluding hydrogens is 321 g/mol. The van der Waals surface area contributed by atoms with Gasteiger partial charge in [0.15, 0.2) is 0 Å². The third-order valence-corrected chi connectivity index (χ3v) is 4.29. The molecule has 0 N–H and O–H groups in total. The van der Waals surface area contributed by atoms with Crippen molar-refractivity contribution in [3.05, 3.63) is 47.3 Å². The lowest BCUT2D eigenvalue weighted by atomic mass is 10.2. The molecule has 1 amide bonds. The van der Waals surface area contributed by atoms with Crippen LogP contribution in [0.3, 0.4) is 0 Å². The molecule has 2 aromatic rings. The van der Waals surface area contributed by atoms with Crippen molar-refractivity contribution in [1.82, 2.24) is 24.6 Å². The molecule has 1 aromatic heterocycles. The highest BCUT2D eigenvalue weighted by Gasteiger charge is 2.22. The molecule has 0 atom stereocenters. The van der Waals surface area contributed by atoms with Crippen molar-refractivity contribution in [2.75, 3.05) is 26.2 Å². The fourth-order valence-electron chi connectivity index (χ4n) is 2.62. The average molecular weight is 338 g/mol. The number of nitrogens with zero attached hydrogens (tertiary/aromatic N) is 5. The van der Waals surface area contributed by atoms with Crippen LogP contribution in [-0.4, -0.2) is 56.7 Å². The van der Waals surface area contributed by atoms with Crippen LogP contribution < -0.4 is 0 Å². The predicted molar refractivity (Wildman–Crippen MR) is 83.3 cm³/mol. The van der Waals surface area contributed by atoms with E-state index in [-0.39, 0.29) is 18.3 Å². The number of piperazine rings is 1. The van der Waals surface area contributed by atoms with Crippen LogP contribution in [0.1, 0.15) is 5.56 Å². The van der Waals surface area contributed by atoms with Gasteiger partial charge in [0, 0.05) is 43.3 Å². The van der Waals surface area contributed by atoms with Gasteiger partial charge in [0.2, 0.25) is 5.91 Å². The maximum absolute atomic E-state index is 13.8. The summed E-state index contributed by atoms with van der Waals surface area (Å²) >= 11 is 6.06. The molecule has 2 heterocycles. The number of carbonyl (C=O) groups excluding carboxylic acids is 1. The van der Waals surface area contributed by atoms with E-state index in [9.17, 15) is 9.18 Å². The third kappa shape index (κ3) is 3.86. The van der Waals surface area contributed by atoms with Crippen molar-refractivity contribution >= 4 is 17.5 Å². The zero-order chi connectivity index (χ0) is 16.2. The Morgan fingerprint density at radius 1 is 1.26 bits per heavy atom. The second-order valence-corrected chi connectivity index (χ2v) is 5.86. The molecule has 1 aromatic carbocycles. The number of halogens is 2. The van der Waals surface area contributed by atoms with Crippen molar-refractivity contribution < 1.29 is 9.18 Å². The van der Waals surface area contributed by atoms with Crippen LogP contribution in [-0.2, 0) is 17.9 Å². The molecule has 1 saturated heterocycles. The third-order valence-electron chi connectivity index (χ3n) is 3.93. The first-order valence-corrected chi connectivity index (χ1v) is 7.76. The van der Waals surface area contributed by atoms with E-state index in [2.05, 4.69) is 15.0 Å². The van der Waals surface area contributed by atoms with Crippen LogP contribution in [0.25, 0.3) is 0 Å². The number of hydrogen-bond donors (Lipinski definition) is 0. The molecule has 3 rings (SSSR count). The standard InChI is InChI=1S/C15H17ClFN5O/c16-13-2-1-3-14(17)12(13)8-20-4-6-21(7-5-20)15(23)9-22-11-18-10-19-22/h1-3,10-11H,4-9H2. The van der Waals surface area contributed by atoms with Gasteiger partial charge in [0.05, 0.1) is 0 Å². The molecule has 0 saturated carbocycles. The zero-order valence-electron chi connectivity index (χ0n) is 12.5. The Bertz CT molecular complexity index is 650. The Kier molecular flexibility index (Phi) is 4.88. The molecule has 0 bridgehead atoms. The maximum Gasteiger partial charge on any atom is 0.244 e. The molecule has 0 radical (unpaired) electrons. The first-order valence-electron chi connectivity index (χ1n) is 7.39. The quantitative estimate of drug-likeness (QED) is 0.846. The summed E-state index contributed by atoms with van der Waals surface area (Å²) in [5, 5.41) is 4.37. The topological polar surface area (TPSA) is 54.3 Å². The number of carbonyl (C=O) groups is 1. The molecule has 0 spiro atoms. The Hall–Kier alpha value is -1.99. The van der Waals surface area contributed by atoms with Gasteiger partial charge in [-0.05, 0) is 12.1 Å². The summed E-state index contributed by atoms with van der Waals surface area (Å²) in [6, 6.07) is 4.71. The summed E-state index contributed by atoms with van der Waals surface area (Å²) in [7, 11) is 0. The molecule has 6 nitrogen and oxygen atoms in total. The predicted octanol–water partition coefficient (Wildman–Crippen LogP) is 1.41. The highest BCUT2D eigenvalue weighted by molar-refractivity contribution is 6.31. The van der Waals surface area contributed by atoms with E-state index < -0.39 is 0 Å². The molecule has 1 aliphatic heterocycles. The zero-order valence-corrected chi connectivity index (χ0v) is 13.3. The smallest absolute Gasteiger partial charge is 0.244 e. The Labute approximate surface area is 138 Å². The summed E-state index contributed by atoms with van der Waals surface area (Å²) in [6.45, 7) is 3.25.